The minimum atomic E-state index is -0.501. The molecule has 1 fully saturated rings. The van der Waals surface area contributed by atoms with Gasteiger partial charge in [0.25, 0.3) is 0 Å². The van der Waals surface area contributed by atoms with E-state index in [9.17, 15) is 4.79 Å². The zero-order chi connectivity index (χ0) is 24.6. The summed E-state index contributed by atoms with van der Waals surface area (Å²) in [7, 11) is 1.89. The highest BCUT2D eigenvalue weighted by atomic mass is 16.6. The van der Waals surface area contributed by atoms with Crippen LogP contribution >= 0.6 is 0 Å². The van der Waals surface area contributed by atoms with Crippen molar-refractivity contribution in [3.05, 3.63) is 49.4 Å². The SMILES string of the molecule is Cn1cc(-c2cc(-c3cnc(N4CCN(C(=O)OC(C)(C)C)CC4)cn3)c3cncnc3c2)cn1. The maximum absolute atomic E-state index is 12.3. The highest BCUT2D eigenvalue weighted by molar-refractivity contribution is 5.96. The number of carbonyl (C=O) groups excluding carboxylic acids is 1. The Kier molecular flexibility index (Phi) is 5.80. The van der Waals surface area contributed by atoms with Crippen molar-refractivity contribution < 1.29 is 9.53 Å². The number of aryl methyl sites for hydroxylation is 1. The molecule has 1 aliphatic heterocycles. The summed E-state index contributed by atoms with van der Waals surface area (Å²) in [4.78, 5) is 34.3. The van der Waals surface area contributed by atoms with E-state index in [-0.39, 0.29) is 6.09 Å². The lowest BCUT2D eigenvalue weighted by molar-refractivity contribution is 0.0240. The van der Waals surface area contributed by atoms with E-state index in [1.807, 2.05) is 46.3 Å². The molecule has 0 radical (unpaired) electrons. The van der Waals surface area contributed by atoms with Gasteiger partial charge in [0.2, 0.25) is 0 Å². The summed E-state index contributed by atoms with van der Waals surface area (Å²) in [5.74, 6) is 0.779. The van der Waals surface area contributed by atoms with Gasteiger partial charge in [-0.25, -0.2) is 19.7 Å². The normalized spacial score (nSPS) is 14.4. The molecule has 0 saturated carbocycles. The molecule has 0 atom stereocenters. The van der Waals surface area contributed by atoms with Gasteiger partial charge in [-0.3, -0.25) is 9.67 Å². The summed E-state index contributed by atoms with van der Waals surface area (Å²) < 4.78 is 7.26. The van der Waals surface area contributed by atoms with Gasteiger partial charge in [0.05, 0.1) is 29.8 Å². The molecule has 3 aromatic heterocycles. The number of nitrogens with zero attached hydrogens (tertiary/aromatic N) is 8. The molecule has 1 aromatic carbocycles. The topological polar surface area (TPSA) is 102 Å². The Morgan fingerprint density at radius 1 is 0.943 bits per heavy atom. The molecule has 0 spiro atoms. The van der Waals surface area contributed by atoms with Crippen molar-refractivity contribution >= 4 is 22.8 Å². The average molecular weight is 473 g/mol. The van der Waals surface area contributed by atoms with E-state index < -0.39 is 5.60 Å². The predicted octanol–water partition coefficient (Wildman–Crippen LogP) is 3.54. The minimum Gasteiger partial charge on any atom is -0.444 e. The van der Waals surface area contributed by atoms with Gasteiger partial charge in [-0.05, 0) is 38.5 Å². The monoisotopic (exact) mass is 472 g/mol. The highest BCUT2D eigenvalue weighted by Gasteiger charge is 2.26. The van der Waals surface area contributed by atoms with Gasteiger partial charge in [0, 0.05) is 62.1 Å². The molecule has 180 valence electrons. The molecule has 10 nitrogen and oxygen atoms in total. The van der Waals surface area contributed by atoms with Crippen molar-refractivity contribution in [3.63, 3.8) is 0 Å². The van der Waals surface area contributed by atoms with E-state index in [0.717, 1.165) is 39.1 Å². The third kappa shape index (κ3) is 4.91. The maximum atomic E-state index is 12.3. The predicted molar refractivity (Wildman–Crippen MR) is 133 cm³/mol. The fourth-order valence-electron chi connectivity index (χ4n) is 4.10. The summed E-state index contributed by atoms with van der Waals surface area (Å²) in [5, 5.41) is 5.20. The first-order valence-corrected chi connectivity index (χ1v) is 11.5. The van der Waals surface area contributed by atoms with Crippen LogP contribution in [0, 0.1) is 0 Å². The molecule has 1 amide bonds. The Balaban J connectivity index is 1.37. The van der Waals surface area contributed by atoms with Crippen molar-refractivity contribution in [2.24, 2.45) is 7.05 Å². The number of ether oxygens (including phenoxy) is 1. The molecular formula is C25H28N8O2. The van der Waals surface area contributed by atoms with Crippen LogP contribution < -0.4 is 4.90 Å². The molecule has 1 aliphatic rings. The van der Waals surface area contributed by atoms with Crippen LogP contribution in [-0.2, 0) is 11.8 Å². The molecular weight excluding hydrogens is 444 g/mol. The number of fused-ring (bicyclic) bond motifs is 1. The van der Waals surface area contributed by atoms with Crippen LogP contribution in [0.2, 0.25) is 0 Å². The molecule has 5 rings (SSSR count). The van der Waals surface area contributed by atoms with Gasteiger partial charge in [-0.2, -0.15) is 5.10 Å². The number of aromatic nitrogens is 6. The number of hydrogen-bond donors (Lipinski definition) is 0. The third-order valence-electron chi connectivity index (χ3n) is 5.83. The number of hydrogen-bond acceptors (Lipinski definition) is 8. The molecule has 0 aliphatic carbocycles. The Labute approximate surface area is 203 Å². The largest absolute Gasteiger partial charge is 0.444 e. The second-order valence-electron chi connectivity index (χ2n) is 9.60. The van der Waals surface area contributed by atoms with Crippen LogP contribution in [0.25, 0.3) is 33.3 Å². The lowest BCUT2D eigenvalue weighted by atomic mass is 10.00. The van der Waals surface area contributed by atoms with Crippen LogP contribution in [-0.4, -0.2) is 72.5 Å². The first kappa shape index (κ1) is 22.7. The summed E-state index contributed by atoms with van der Waals surface area (Å²) in [6.45, 7) is 8.11. The quantitative estimate of drug-likeness (QED) is 0.446. The molecule has 10 heteroatoms. The molecule has 4 heterocycles. The molecule has 1 saturated heterocycles. The van der Waals surface area contributed by atoms with Crippen molar-refractivity contribution in [2.45, 2.75) is 26.4 Å². The lowest BCUT2D eigenvalue weighted by Crippen LogP contribution is -2.50. The first-order valence-electron chi connectivity index (χ1n) is 11.5. The summed E-state index contributed by atoms with van der Waals surface area (Å²) >= 11 is 0. The van der Waals surface area contributed by atoms with Crippen LogP contribution in [0.4, 0.5) is 10.6 Å². The molecule has 4 aromatic rings. The maximum Gasteiger partial charge on any atom is 0.410 e. The van der Waals surface area contributed by atoms with Crippen LogP contribution in [0.3, 0.4) is 0 Å². The average Bonchev–Trinajstić information content (AvgIpc) is 3.29. The first-order chi connectivity index (χ1) is 16.8. The summed E-state index contributed by atoms with van der Waals surface area (Å²) in [6, 6.07) is 4.11. The van der Waals surface area contributed by atoms with Crippen LogP contribution in [0.1, 0.15) is 20.8 Å². The minimum absolute atomic E-state index is 0.277. The summed E-state index contributed by atoms with van der Waals surface area (Å²) in [6.07, 6.45) is 10.4. The zero-order valence-electron chi connectivity index (χ0n) is 20.3. The smallest absolute Gasteiger partial charge is 0.410 e. The van der Waals surface area contributed by atoms with Crippen molar-refractivity contribution in [2.75, 3.05) is 31.1 Å². The van der Waals surface area contributed by atoms with E-state index in [1.54, 1.807) is 34.5 Å². The van der Waals surface area contributed by atoms with Crippen LogP contribution in [0.5, 0.6) is 0 Å². The Hall–Kier alpha value is -4.08. The van der Waals surface area contributed by atoms with Gasteiger partial charge in [-0.15, -0.1) is 0 Å². The third-order valence-corrected chi connectivity index (χ3v) is 5.83. The van der Waals surface area contributed by atoms with Gasteiger partial charge < -0.3 is 14.5 Å². The fraction of sp³-hybridized carbons (Fsp3) is 0.360. The van der Waals surface area contributed by atoms with Gasteiger partial charge in [-0.1, -0.05) is 0 Å². The van der Waals surface area contributed by atoms with E-state index >= 15 is 0 Å². The summed E-state index contributed by atoms with van der Waals surface area (Å²) in [5.41, 5.74) is 3.99. The van der Waals surface area contributed by atoms with Crippen molar-refractivity contribution in [1.82, 2.24) is 34.6 Å². The van der Waals surface area contributed by atoms with E-state index in [4.69, 9.17) is 14.7 Å². The second-order valence-corrected chi connectivity index (χ2v) is 9.60. The van der Waals surface area contributed by atoms with E-state index in [2.05, 4.69) is 26.0 Å². The van der Waals surface area contributed by atoms with Gasteiger partial charge in [0.1, 0.15) is 17.7 Å². The van der Waals surface area contributed by atoms with E-state index in [1.165, 1.54) is 0 Å². The lowest BCUT2D eigenvalue weighted by Gasteiger charge is -2.36. The van der Waals surface area contributed by atoms with Crippen LogP contribution in [0.15, 0.2) is 49.4 Å². The Morgan fingerprint density at radius 3 is 2.40 bits per heavy atom. The number of benzene rings is 1. The van der Waals surface area contributed by atoms with Gasteiger partial charge in [0.15, 0.2) is 0 Å². The van der Waals surface area contributed by atoms with E-state index in [0.29, 0.717) is 26.2 Å². The number of carbonyl (C=O) groups is 1. The highest BCUT2D eigenvalue weighted by Crippen LogP contribution is 2.32. The Bertz CT molecular complexity index is 1350. The number of piperazine rings is 1. The van der Waals surface area contributed by atoms with Crippen molar-refractivity contribution in [3.8, 4) is 22.4 Å². The number of amides is 1. The van der Waals surface area contributed by atoms with Gasteiger partial charge >= 0.3 is 6.09 Å². The molecule has 0 unspecified atom stereocenters. The van der Waals surface area contributed by atoms with Crippen molar-refractivity contribution in [1.29, 1.82) is 0 Å². The zero-order valence-corrected chi connectivity index (χ0v) is 20.3. The molecule has 0 N–H and O–H groups in total. The molecule has 0 bridgehead atoms. The second kappa shape index (κ2) is 8.94. The fourth-order valence-corrected chi connectivity index (χ4v) is 4.10. The molecule has 35 heavy (non-hydrogen) atoms. The standard InChI is InChI=1S/C25H28N8O2/c1-25(2,3)35-24(34)33-7-5-32(6-8-33)23-14-27-22(13-28-23)19-9-17(18-11-30-31(4)15-18)10-21-20(19)12-26-16-29-21/h9-16H,5-8H2,1-4H3. The number of anilines is 1. The number of rotatable bonds is 3. The Morgan fingerprint density at radius 2 is 1.74 bits per heavy atom.